The van der Waals surface area contributed by atoms with Crippen LogP contribution in [0.4, 0.5) is 0 Å². The monoisotopic (exact) mass is 257 g/mol. The molecule has 1 aliphatic carbocycles. The maximum absolute atomic E-state index is 11.7. The summed E-state index contributed by atoms with van der Waals surface area (Å²) in [6.07, 6.45) is 3.85. The molecule has 1 aromatic carbocycles. The van der Waals surface area contributed by atoms with E-state index in [-0.39, 0.29) is 11.9 Å². The molecular weight excluding hydrogens is 238 g/mol. The Balaban J connectivity index is 1.58. The number of fused-ring (bicyclic) bond motifs is 1. The van der Waals surface area contributed by atoms with Crippen LogP contribution >= 0.6 is 0 Å². The van der Waals surface area contributed by atoms with Gasteiger partial charge in [0.05, 0.1) is 0 Å². The summed E-state index contributed by atoms with van der Waals surface area (Å²) in [6, 6.07) is 10.2. The Morgan fingerprint density at radius 2 is 2.21 bits per heavy atom. The fourth-order valence-corrected chi connectivity index (χ4v) is 2.41. The highest BCUT2D eigenvalue weighted by Crippen LogP contribution is 2.32. The van der Waals surface area contributed by atoms with E-state index in [0.717, 1.165) is 23.2 Å². The van der Waals surface area contributed by atoms with Crippen molar-refractivity contribution in [2.45, 2.75) is 38.6 Å². The Bertz CT molecular complexity index is 550. The number of amides is 1. The number of furan rings is 1. The molecule has 1 saturated carbocycles. The summed E-state index contributed by atoms with van der Waals surface area (Å²) in [4.78, 5) is 11.7. The molecule has 1 heterocycles. The molecule has 1 aliphatic rings. The highest BCUT2D eigenvalue weighted by Gasteiger charge is 2.24. The molecule has 3 nitrogen and oxygen atoms in total. The summed E-state index contributed by atoms with van der Waals surface area (Å²) in [6.45, 7) is 2.03. The standard InChI is InChI=1S/C16H19NO2/c1-11(17-16(18)9-12-6-7-12)8-14-10-13-4-2-3-5-15(13)19-14/h2-5,10-12H,6-9H2,1H3,(H,17,18)/t11-/m0/s1. The minimum absolute atomic E-state index is 0.117. The average Bonchev–Trinajstić information content (AvgIpc) is 3.06. The van der Waals surface area contributed by atoms with Crippen molar-refractivity contribution in [3.63, 3.8) is 0 Å². The van der Waals surface area contributed by atoms with E-state index < -0.39 is 0 Å². The molecule has 3 rings (SSSR count). The molecule has 0 radical (unpaired) electrons. The van der Waals surface area contributed by atoms with Crippen LogP contribution in [0.15, 0.2) is 34.7 Å². The first-order valence-corrected chi connectivity index (χ1v) is 6.97. The number of hydrogen-bond donors (Lipinski definition) is 1. The van der Waals surface area contributed by atoms with E-state index in [0.29, 0.717) is 12.3 Å². The summed E-state index contributed by atoms with van der Waals surface area (Å²) >= 11 is 0. The molecular formula is C16H19NO2. The zero-order valence-corrected chi connectivity index (χ0v) is 11.2. The topological polar surface area (TPSA) is 42.2 Å². The average molecular weight is 257 g/mol. The smallest absolute Gasteiger partial charge is 0.220 e. The predicted molar refractivity (Wildman–Crippen MR) is 74.9 cm³/mol. The second-order valence-electron chi connectivity index (χ2n) is 5.57. The Labute approximate surface area is 113 Å². The molecule has 0 aliphatic heterocycles. The molecule has 1 N–H and O–H groups in total. The maximum Gasteiger partial charge on any atom is 0.220 e. The van der Waals surface area contributed by atoms with Crippen molar-refractivity contribution in [1.82, 2.24) is 5.32 Å². The lowest BCUT2D eigenvalue weighted by Crippen LogP contribution is -2.34. The van der Waals surface area contributed by atoms with Crippen LogP contribution < -0.4 is 5.32 Å². The Hall–Kier alpha value is -1.77. The van der Waals surface area contributed by atoms with Gasteiger partial charge in [0.2, 0.25) is 5.91 Å². The summed E-state index contributed by atoms with van der Waals surface area (Å²) < 4.78 is 5.76. The summed E-state index contributed by atoms with van der Waals surface area (Å²) in [5, 5.41) is 4.16. The molecule has 0 unspecified atom stereocenters. The molecule has 19 heavy (non-hydrogen) atoms. The number of rotatable bonds is 5. The highest BCUT2D eigenvalue weighted by atomic mass is 16.3. The van der Waals surface area contributed by atoms with Crippen LogP contribution in [-0.2, 0) is 11.2 Å². The molecule has 1 atom stereocenters. The number of hydrogen-bond acceptors (Lipinski definition) is 2. The van der Waals surface area contributed by atoms with Crippen molar-refractivity contribution < 1.29 is 9.21 Å². The van der Waals surface area contributed by atoms with Crippen LogP contribution in [0.25, 0.3) is 11.0 Å². The Morgan fingerprint density at radius 3 is 2.95 bits per heavy atom. The van der Waals surface area contributed by atoms with Crippen molar-refractivity contribution in [3.05, 3.63) is 36.1 Å². The van der Waals surface area contributed by atoms with Crippen LogP contribution in [0, 0.1) is 5.92 Å². The molecule has 1 amide bonds. The first-order valence-electron chi connectivity index (χ1n) is 6.97. The summed E-state index contributed by atoms with van der Waals surface area (Å²) in [7, 11) is 0. The largest absolute Gasteiger partial charge is 0.461 e. The Morgan fingerprint density at radius 1 is 1.42 bits per heavy atom. The van der Waals surface area contributed by atoms with Gasteiger partial charge in [-0.3, -0.25) is 4.79 Å². The SMILES string of the molecule is C[C@@H](Cc1cc2ccccc2o1)NC(=O)CC1CC1. The second kappa shape index (κ2) is 5.08. The third kappa shape index (κ3) is 3.16. The molecule has 1 fully saturated rings. The zero-order valence-electron chi connectivity index (χ0n) is 11.2. The van der Waals surface area contributed by atoms with E-state index in [1.54, 1.807) is 0 Å². The van der Waals surface area contributed by atoms with Crippen molar-refractivity contribution in [2.24, 2.45) is 5.92 Å². The lowest BCUT2D eigenvalue weighted by Gasteiger charge is -2.12. The maximum atomic E-state index is 11.7. The number of carbonyl (C=O) groups is 1. The number of carbonyl (C=O) groups excluding carboxylic acids is 1. The normalized spacial score (nSPS) is 16.5. The van der Waals surface area contributed by atoms with Crippen LogP contribution in [0.2, 0.25) is 0 Å². The van der Waals surface area contributed by atoms with Gasteiger partial charge in [-0.05, 0) is 37.8 Å². The van der Waals surface area contributed by atoms with Crippen molar-refractivity contribution in [3.8, 4) is 0 Å². The number of benzene rings is 1. The van der Waals surface area contributed by atoms with Gasteiger partial charge in [0, 0.05) is 24.3 Å². The van der Waals surface area contributed by atoms with E-state index in [4.69, 9.17) is 4.42 Å². The summed E-state index contributed by atoms with van der Waals surface area (Å²) in [5.74, 6) is 1.74. The van der Waals surface area contributed by atoms with Gasteiger partial charge >= 0.3 is 0 Å². The first kappa shape index (κ1) is 12.3. The molecule has 0 saturated heterocycles. The third-order valence-electron chi connectivity index (χ3n) is 3.56. The van der Waals surface area contributed by atoms with Crippen LogP contribution in [0.5, 0.6) is 0 Å². The van der Waals surface area contributed by atoms with E-state index in [1.165, 1.54) is 12.8 Å². The molecule has 0 bridgehead atoms. The number of nitrogens with one attached hydrogen (secondary N) is 1. The fourth-order valence-electron chi connectivity index (χ4n) is 2.41. The zero-order chi connectivity index (χ0) is 13.2. The van der Waals surface area contributed by atoms with Crippen molar-refractivity contribution in [1.29, 1.82) is 0 Å². The lowest BCUT2D eigenvalue weighted by molar-refractivity contribution is -0.122. The van der Waals surface area contributed by atoms with E-state index >= 15 is 0 Å². The van der Waals surface area contributed by atoms with E-state index in [2.05, 4.69) is 11.4 Å². The van der Waals surface area contributed by atoms with E-state index in [9.17, 15) is 4.79 Å². The van der Waals surface area contributed by atoms with Crippen LogP contribution in [-0.4, -0.2) is 11.9 Å². The Kier molecular flexibility index (Phi) is 3.28. The summed E-state index contributed by atoms with van der Waals surface area (Å²) in [5.41, 5.74) is 0.911. The van der Waals surface area contributed by atoms with Gasteiger partial charge in [0.1, 0.15) is 11.3 Å². The fraction of sp³-hybridized carbons (Fsp3) is 0.438. The van der Waals surface area contributed by atoms with Gasteiger partial charge in [0.15, 0.2) is 0 Å². The molecule has 0 spiro atoms. The molecule has 2 aromatic rings. The minimum Gasteiger partial charge on any atom is -0.461 e. The third-order valence-corrected chi connectivity index (χ3v) is 3.56. The van der Waals surface area contributed by atoms with Gasteiger partial charge < -0.3 is 9.73 Å². The molecule has 3 heteroatoms. The minimum atomic E-state index is 0.117. The van der Waals surface area contributed by atoms with Gasteiger partial charge in [-0.2, -0.15) is 0 Å². The van der Waals surface area contributed by atoms with Gasteiger partial charge in [-0.1, -0.05) is 18.2 Å². The second-order valence-corrected chi connectivity index (χ2v) is 5.57. The van der Waals surface area contributed by atoms with Gasteiger partial charge in [-0.25, -0.2) is 0 Å². The number of para-hydroxylation sites is 1. The van der Waals surface area contributed by atoms with Crippen LogP contribution in [0.1, 0.15) is 31.9 Å². The van der Waals surface area contributed by atoms with Gasteiger partial charge in [0.25, 0.3) is 0 Å². The van der Waals surface area contributed by atoms with Gasteiger partial charge in [-0.15, -0.1) is 0 Å². The van der Waals surface area contributed by atoms with Crippen LogP contribution in [0.3, 0.4) is 0 Å². The first-order chi connectivity index (χ1) is 9.20. The predicted octanol–water partition coefficient (Wildman–Crippen LogP) is 3.28. The van der Waals surface area contributed by atoms with Crippen molar-refractivity contribution >= 4 is 16.9 Å². The highest BCUT2D eigenvalue weighted by molar-refractivity contribution is 5.78. The van der Waals surface area contributed by atoms with E-state index in [1.807, 2.05) is 31.2 Å². The quantitative estimate of drug-likeness (QED) is 0.893. The van der Waals surface area contributed by atoms with Crippen molar-refractivity contribution in [2.75, 3.05) is 0 Å². The molecule has 100 valence electrons. The molecule has 1 aromatic heterocycles. The lowest BCUT2D eigenvalue weighted by atomic mass is 10.1.